The molecule has 0 spiro atoms. The quantitative estimate of drug-likeness (QED) is 0.887. The summed E-state index contributed by atoms with van der Waals surface area (Å²) in [5, 5.41) is 5.84. The largest absolute Gasteiger partial charge is 0.492 e. The normalized spacial score (nSPS) is 15.8. The van der Waals surface area contributed by atoms with Gasteiger partial charge >= 0.3 is 0 Å². The molecule has 1 atom stereocenters. The number of ether oxygens (including phenoxy) is 1. The fourth-order valence-corrected chi connectivity index (χ4v) is 3.03. The van der Waals surface area contributed by atoms with E-state index in [2.05, 4.69) is 10.6 Å². The lowest BCUT2D eigenvalue weighted by molar-refractivity contribution is -0.126. The maximum Gasteiger partial charge on any atom is 0.255 e. The smallest absolute Gasteiger partial charge is 0.255 e. The molecule has 0 fully saturated rings. The molecule has 0 radical (unpaired) electrons. The number of aryl methyl sites for hydroxylation is 1. The first-order valence-corrected chi connectivity index (χ1v) is 8.86. The molecule has 26 heavy (non-hydrogen) atoms. The third-order valence-electron chi connectivity index (χ3n) is 4.31. The molecule has 1 heterocycles. The lowest BCUT2D eigenvalue weighted by atomic mass is 9.95. The minimum Gasteiger partial charge on any atom is -0.492 e. The SMILES string of the molecule is Cc1cccc(C(=O)Nc2ccc3c(c2)CC(C(=O)NC(C)C)CO3)c1. The summed E-state index contributed by atoms with van der Waals surface area (Å²) in [6, 6.07) is 13.1. The van der Waals surface area contributed by atoms with Crippen molar-refractivity contribution in [1.29, 1.82) is 0 Å². The second kappa shape index (κ2) is 7.60. The van der Waals surface area contributed by atoms with E-state index in [1.54, 1.807) is 6.07 Å². The van der Waals surface area contributed by atoms with Gasteiger partial charge in [-0.3, -0.25) is 9.59 Å². The number of anilines is 1. The van der Waals surface area contributed by atoms with Gasteiger partial charge in [0.05, 0.1) is 5.92 Å². The van der Waals surface area contributed by atoms with E-state index in [0.717, 1.165) is 16.9 Å². The maximum atomic E-state index is 12.4. The number of hydrogen-bond donors (Lipinski definition) is 2. The molecule has 3 rings (SSSR count). The molecular weight excluding hydrogens is 328 g/mol. The van der Waals surface area contributed by atoms with E-state index in [1.165, 1.54) is 0 Å². The highest BCUT2D eigenvalue weighted by Crippen LogP contribution is 2.30. The Hall–Kier alpha value is -2.82. The molecule has 1 aliphatic heterocycles. The topological polar surface area (TPSA) is 67.4 Å². The number of carbonyl (C=O) groups is 2. The van der Waals surface area contributed by atoms with Gasteiger partial charge in [-0.25, -0.2) is 0 Å². The van der Waals surface area contributed by atoms with Crippen molar-refractivity contribution in [2.75, 3.05) is 11.9 Å². The third kappa shape index (κ3) is 4.23. The molecule has 2 N–H and O–H groups in total. The second-order valence-corrected chi connectivity index (χ2v) is 7.02. The van der Waals surface area contributed by atoms with Crippen molar-refractivity contribution in [2.24, 2.45) is 5.92 Å². The van der Waals surface area contributed by atoms with Gasteiger partial charge < -0.3 is 15.4 Å². The molecule has 0 aromatic heterocycles. The van der Waals surface area contributed by atoms with E-state index in [1.807, 2.05) is 57.2 Å². The Morgan fingerprint density at radius 2 is 1.96 bits per heavy atom. The van der Waals surface area contributed by atoms with Crippen molar-refractivity contribution in [1.82, 2.24) is 5.32 Å². The fourth-order valence-electron chi connectivity index (χ4n) is 3.03. The van der Waals surface area contributed by atoms with Crippen LogP contribution < -0.4 is 15.4 Å². The zero-order valence-electron chi connectivity index (χ0n) is 15.3. The van der Waals surface area contributed by atoms with E-state index < -0.39 is 0 Å². The predicted octanol–water partition coefficient (Wildman–Crippen LogP) is 3.32. The molecule has 5 heteroatoms. The van der Waals surface area contributed by atoms with E-state index in [9.17, 15) is 9.59 Å². The van der Waals surface area contributed by atoms with Gasteiger partial charge in [-0.15, -0.1) is 0 Å². The number of nitrogens with one attached hydrogen (secondary N) is 2. The molecule has 136 valence electrons. The van der Waals surface area contributed by atoms with Crippen LogP contribution in [-0.4, -0.2) is 24.5 Å². The summed E-state index contributed by atoms with van der Waals surface area (Å²) < 4.78 is 5.73. The van der Waals surface area contributed by atoms with Crippen LogP contribution in [0.3, 0.4) is 0 Å². The van der Waals surface area contributed by atoms with E-state index in [4.69, 9.17) is 4.74 Å². The average molecular weight is 352 g/mol. The number of carbonyl (C=O) groups excluding carboxylic acids is 2. The van der Waals surface area contributed by atoms with Gasteiger partial charge in [0.1, 0.15) is 12.4 Å². The monoisotopic (exact) mass is 352 g/mol. The van der Waals surface area contributed by atoms with Crippen LogP contribution in [0.4, 0.5) is 5.69 Å². The Balaban J connectivity index is 1.72. The highest BCUT2D eigenvalue weighted by molar-refractivity contribution is 6.04. The molecule has 0 saturated heterocycles. The van der Waals surface area contributed by atoms with Gasteiger partial charge in [0.2, 0.25) is 5.91 Å². The maximum absolute atomic E-state index is 12.4. The molecule has 2 amide bonds. The summed E-state index contributed by atoms with van der Waals surface area (Å²) in [6.45, 7) is 6.21. The van der Waals surface area contributed by atoms with Gasteiger partial charge in [0, 0.05) is 17.3 Å². The van der Waals surface area contributed by atoms with Gasteiger partial charge in [-0.05, 0) is 63.1 Å². The molecule has 2 aromatic rings. The summed E-state index contributed by atoms with van der Waals surface area (Å²) in [6.07, 6.45) is 0.599. The second-order valence-electron chi connectivity index (χ2n) is 7.02. The van der Waals surface area contributed by atoms with E-state index in [-0.39, 0.29) is 23.8 Å². The molecule has 0 bridgehead atoms. The van der Waals surface area contributed by atoms with Gasteiger partial charge in [-0.2, -0.15) is 0 Å². The van der Waals surface area contributed by atoms with Crippen LogP contribution in [0.25, 0.3) is 0 Å². The first kappa shape index (κ1) is 18.0. The Kier molecular flexibility index (Phi) is 5.26. The first-order chi connectivity index (χ1) is 12.4. The van der Waals surface area contributed by atoms with Crippen molar-refractivity contribution in [2.45, 2.75) is 33.2 Å². The van der Waals surface area contributed by atoms with Crippen molar-refractivity contribution < 1.29 is 14.3 Å². The van der Waals surface area contributed by atoms with Crippen LogP contribution in [0.15, 0.2) is 42.5 Å². The summed E-state index contributed by atoms with van der Waals surface area (Å²) in [5.41, 5.74) is 3.29. The van der Waals surface area contributed by atoms with Crippen LogP contribution in [0, 0.1) is 12.8 Å². The minimum absolute atomic E-state index is 0.000139. The number of amides is 2. The van der Waals surface area contributed by atoms with Gasteiger partial charge in [-0.1, -0.05) is 17.7 Å². The van der Waals surface area contributed by atoms with Crippen LogP contribution >= 0.6 is 0 Å². The summed E-state index contributed by atoms with van der Waals surface area (Å²) >= 11 is 0. The molecule has 2 aromatic carbocycles. The molecule has 0 aliphatic carbocycles. The Morgan fingerprint density at radius 1 is 1.15 bits per heavy atom. The van der Waals surface area contributed by atoms with Crippen LogP contribution in [-0.2, 0) is 11.2 Å². The average Bonchev–Trinajstić information content (AvgIpc) is 2.60. The number of rotatable bonds is 4. The van der Waals surface area contributed by atoms with E-state index >= 15 is 0 Å². The van der Waals surface area contributed by atoms with Crippen LogP contribution in [0.2, 0.25) is 0 Å². The van der Waals surface area contributed by atoms with Crippen molar-refractivity contribution in [3.8, 4) is 5.75 Å². The lowest BCUT2D eigenvalue weighted by Gasteiger charge is -2.26. The highest BCUT2D eigenvalue weighted by Gasteiger charge is 2.26. The molecule has 1 aliphatic rings. The summed E-state index contributed by atoms with van der Waals surface area (Å²) in [7, 11) is 0. The Labute approximate surface area is 153 Å². The minimum atomic E-state index is -0.215. The number of fused-ring (bicyclic) bond motifs is 1. The molecule has 1 unspecified atom stereocenters. The van der Waals surface area contributed by atoms with E-state index in [0.29, 0.717) is 24.3 Å². The predicted molar refractivity (Wildman–Crippen MR) is 102 cm³/mol. The van der Waals surface area contributed by atoms with Crippen molar-refractivity contribution in [3.05, 3.63) is 59.2 Å². The lowest BCUT2D eigenvalue weighted by Crippen LogP contribution is -2.40. The highest BCUT2D eigenvalue weighted by atomic mass is 16.5. The number of benzene rings is 2. The third-order valence-corrected chi connectivity index (χ3v) is 4.31. The van der Waals surface area contributed by atoms with Crippen molar-refractivity contribution >= 4 is 17.5 Å². The first-order valence-electron chi connectivity index (χ1n) is 8.86. The summed E-state index contributed by atoms with van der Waals surface area (Å²) in [4.78, 5) is 24.7. The Morgan fingerprint density at radius 3 is 2.69 bits per heavy atom. The zero-order valence-corrected chi connectivity index (χ0v) is 15.3. The van der Waals surface area contributed by atoms with Crippen LogP contribution in [0.5, 0.6) is 5.75 Å². The standard InChI is InChI=1S/C21H24N2O3/c1-13(2)22-21(25)17-10-16-11-18(7-8-19(16)26-12-17)23-20(24)15-6-4-5-14(3)9-15/h4-9,11,13,17H,10,12H2,1-3H3,(H,22,25)(H,23,24). The molecule has 0 saturated carbocycles. The molecule has 5 nitrogen and oxygen atoms in total. The zero-order chi connectivity index (χ0) is 18.7. The number of hydrogen-bond acceptors (Lipinski definition) is 3. The fraction of sp³-hybridized carbons (Fsp3) is 0.333. The van der Waals surface area contributed by atoms with Gasteiger partial charge in [0.25, 0.3) is 5.91 Å². The van der Waals surface area contributed by atoms with Gasteiger partial charge in [0.15, 0.2) is 0 Å². The molecular formula is C21H24N2O3. The van der Waals surface area contributed by atoms with Crippen molar-refractivity contribution in [3.63, 3.8) is 0 Å². The summed E-state index contributed by atoms with van der Waals surface area (Å²) in [5.74, 6) is 0.402. The Bertz CT molecular complexity index is 830. The van der Waals surface area contributed by atoms with Crippen LogP contribution in [0.1, 0.15) is 35.3 Å².